The molecule has 1 aromatic carbocycles. The number of aromatic nitrogens is 2. The molecule has 0 aliphatic rings. The molecule has 19 heavy (non-hydrogen) atoms. The van der Waals surface area contributed by atoms with Crippen LogP contribution in [0.4, 0.5) is 0 Å². The number of aryl methyl sites for hydroxylation is 2. The molecule has 3 aromatic rings. The number of hydrogen-bond acceptors (Lipinski definition) is 2. The van der Waals surface area contributed by atoms with Crippen molar-refractivity contribution in [2.24, 2.45) is 0 Å². The fraction of sp³-hybridized carbons (Fsp3) is 0.125. The van der Waals surface area contributed by atoms with Crippen LogP contribution in [0, 0.1) is 13.8 Å². The van der Waals surface area contributed by atoms with Gasteiger partial charge in [-0.3, -0.25) is 9.78 Å². The zero-order valence-corrected chi connectivity index (χ0v) is 10.9. The Morgan fingerprint density at radius 1 is 1.11 bits per heavy atom. The summed E-state index contributed by atoms with van der Waals surface area (Å²) < 4.78 is 0. The molecule has 3 heteroatoms. The normalized spacial score (nSPS) is 10.8. The van der Waals surface area contributed by atoms with Crippen molar-refractivity contribution in [1.29, 1.82) is 0 Å². The van der Waals surface area contributed by atoms with Crippen molar-refractivity contribution in [3.05, 3.63) is 64.2 Å². The number of nitrogens with one attached hydrogen (secondary N) is 1. The van der Waals surface area contributed by atoms with Gasteiger partial charge in [-0.15, -0.1) is 0 Å². The number of hydrogen-bond donors (Lipinski definition) is 1. The van der Waals surface area contributed by atoms with Gasteiger partial charge in [0.2, 0.25) is 0 Å². The molecular weight excluding hydrogens is 236 g/mol. The lowest BCUT2D eigenvalue weighted by molar-refractivity contribution is 1.18. The van der Waals surface area contributed by atoms with Gasteiger partial charge in [-0.05, 0) is 48.7 Å². The predicted molar refractivity (Wildman–Crippen MR) is 77.3 cm³/mol. The zero-order valence-electron chi connectivity index (χ0n) is 10.9. The SMILES string of the molecule is Cc1ccc2c(-c3c[nH]c(=O)c(C)c3)ccnc2c1. The molecule has 0 bridgehead atoms. The molecule has 0 saturated heterocycles. The number of rotatable bonds is 1. The highest BCUT2D eigenvalue weighted by molar-refractivity contribution is 5.94. The first-order valence-electron chi connectivity index (χ1n) is 6.20. The molecule has 0 unspecified atom stereocenters. The summed E-state index contributed by atoms with van der Waals surface area (Å²) in [5.74, 6) is 0. The molecule has 94 valence electrons. The van der Waals surface area contributed by atoms with Crippen LogP contribution in [0.5, 0.6) is 0 Å². The number of H-pyrrole nitrogens is 1. The lowest BCUT2D eigenvalue weighted by atomic mass is 10.0. The number of benzene rings is 1. The molecule has 3 rings (SSSR count). The Morgan fingerprint density at radius 2 is 1.95 bits per heavy atom. The Morgan fingerprint density at radius 3 is 2.74 bits per heavy atom. The average molecular weight is 250 g/mol. The standard InChI is InChI=1S/C16H14N2O/c1-10-3-4-14-13(5-6-17-15(14)7-10)12-8-11(2)16(19)18-9-12/h3-9H,1-2H3,(H,18,19). The maximum atomic E-state index is 11.4. The van der Waals surface area contributed by atoms with Crippen molar-refractivity contribution in [2.45, 2.75) is 13.8 Å². The maximum Gasteiger partial charge on any atom is 0.250 e. The van der Waals surface area contributed by atoms with Gasteiger partial charge >= 0.3 is 0 Å². The molecular formula is C16H14N2O. The summed E-state index contributed by atoms with van der Waals surface area (Å²) >= 11 is 0. The largest absolute Gasteiger partial charge is 0.328 e. The molecule has 1 N–H and O–H groups in total. The van der Waals surface area contributed by atoms with Crippen LogP contribution in [0.2, 0.25) is 0 Å². The van der Waals surface area contributed by atoms with E-state index in [0.29, 0.717) is 0 Å². The topological polar surface area (TPSA) is 45.8 Å². The fourth-order valence-electron chi connectivity index (χ4n) is 2.26. The highest BCUT2D eigenvalue weighted by atomic mass is 16.1. The van der Waals surface area contributed by atoms with Gasteiger partial charge in [-0.25, -0.2) is 0 Å². The Hall–Kier alpha value is -2.42. The van der Waals surface area contributed by atoms with Gasteiger partial charge in [0, 0.05) is 23.3 Å². The first-order valence-corrected chi connectivity index (χ1v) is 6.20. The summed E-state index contributed by atoms with van der Waals surface area (Å²) in [6.07, 6.45) is 3.56. The molecule has 0 spiro atoms. The lowest BCUT2D eigenvalue weighted by Gasteiger charge is -2.07. The van der Waals surface area contributed by atoms with Crippen LogP contribution in [0.15, 0.2) is 47.5 Å². The molecule has 0 radical (unpaired) electrons. The third-order valence-corrected chi connectivity index (χ3v) is 3.30. The minimum Gasteiger partial charge on any atom is -0.328 e. The second-order valence-electron chi connectivity index (χ2n) is 4.78. The number of pyridine rings is 2. The molecule has 3 nitrogen and oxygen atoms in total. The van der Waals surface area contributed by atoms with Crippen molar-refractivity contribution in [3.63, 3.8) is 0 Å². The van der Waals surface area contributed by atoms with Crippen molar-refractivity contribution in [3.8, 4) is 11.1 Å². The monoisotopic (exact) mass is 250 g/mol. The van der Waals surface area contributed by atoms with Gasteiger partial charge in [0.25, 0.3) is 5.56 Å². The van der Waals surface area contributed by atoms with Crippen LogP contribution in [-0.4, -0.2) is 9.97 Å². The molecule has 0 atom stereocenters. The van der Waals surface area contributed by atoms with Crippen LogP contribution >= 0.6 is 0 Å². The van der Waals surface area contributed by atoms with E-state index < -0.39 is 0 Å². The van der Waals surface area contributed by atoms with Crippen LogP contribution in [0.25, 0.3) is 22.0 Å². The Bertz CT molecular complexity index is 818. The lowest BCUT2D eigenvalue weighted by Crippen LogP contribution is -2.07. The Balaban J connectivity index is 2.30. The summed E-state index contributed by atoms with van der Waals surface area (Å²) in [6, 6.07) is 10.1. The van der Waals surface area contributed by atoms with Crippen molar-refractivity contribution >= 4 is 10.9 Å². The summed E-state index contributed by atoms with van der Waals surface area (Å²) in [5.41, 5.74) is 4.93. The van der Waals surface area contributed by atoms with E-state index >= 15 is 0 Å². The highest BCUT2D eigenvalue weighted by Gasteiger charge is 2.06. The Labute approximate surface area is 111 Å². The van der Waals surface area contributed by atoms with Gasteiger partial charge in [-0.2, -0.15) is 0 Å². The number of aromatic amines is 1. The minimum absolute atomic E-state index is 0.0436. The first-order chi connectivity index (χ1) is 9.15. The van der Waals surface area contributed by atoms with Crippen LogP contribution in [0.3, 0.4) is 0 Å². The molecule has 0 aliphatic heterocycles. The molecule has 0 fully saturated rings. The van der Waals surface area contributed by atoms with Gasteiger partial charge < -0.3 is 4.98 Å². The van der Waals surface area contributed by atoms with Crippen molar-refractivity contribution < 1.29 is 0 Å². The Kier molecular flexibility index (Phi) is 2.67. The quantitative estimate of drug-likeness (QED) is 0.720. The average Bonchev–Trinajstić information content (AvgIpc) is 2.41. The molecule has 2 heterocycles. The second kappa shape index (κ2) is 4.35. The van der Waals surface area contributed by atoms with E-state index in [9.17, 15) is 4.79 Å². The summed E-state index contributed by atoms with van der Waals surface area (Å²) in [6.45, 7) is 3.87. The van der Waals surface area contributed by atoms with Crippen molar-refractivity contribution in [2.75, 3.05) is 0 Å². The smallest absolute Gasteiger partial charge is 0.250 e. The van der Waals surface area contributed by atoms with Crippen LogP contribution in [0.1, 0.15) is 11.1 Å². The minimum atomic E-state index is -0.0436. The van der Waals surface area contributed by atoms with Gasteiger partial charge in [-0.1, -0.05) is 12.1 Å². The van der Waals surface area contributed by atoms with Gasteiger partial charge in [0.05, 0.1) is 5.52 Å². The van der Waals surface area contributed by atoms with E-state index in [-0.39, 0.29) is 5.56 Å². The summed E-state index contributed by atoms with van der Waals surface area (Å²) in [4.78, 5) is 18.6. The second-order valence-corrected chi connectivity index (χ2v) is 4.78. The summed E-state index contributed by atoms with van der Waals surface area (Å²) in [5, 5.41) is 1.10. The van der Waals surface area contributed by atoms with Crippen LogP contribution in [-0.2, 0) is 0 Å². The van der Waals surface area contributed by atoms with E-state index in [2.05, 4.69) is 35.1 Å². The fourth-order valence-corrected chi connectivity index (χ4v) is 2.26. The first kappa shape index (κ1) is 11.7. The molecule has 0 aliphatic carbocycles. The van der Waals surface area contributed by atoms with E-state index in [1.807, 2.05) is 19.1 Å². The third kappa shape index (κ3) is 2.03. The van der Waals surface area contributed by atoms with E-state index in [1.165, 1.54) is 5.56 Å². The van der Waals surface area contributed by atoms with Gasteiger partial charge in [0.1, 0.15) is 0 Å². The van der Waals surface area contributed by atoms with Crippen molar-refractivity contribution in [1.82, 2.24) is 9.97 Å². The van der Waals surface area contributed by atoms with Gasteiger partial charge in [0.15, 0.2) is 0 Å². The highest BCUT2D eigenvalue weighted by Crippen LogP contribution is 2.27. The summed E-state index contributed by atoms with van der Waals surface area (Å²) in [7, 11) is 0. The molecule has 0 amide bonds. The zero-order chi connectivity index (χ0) is 13.4. The number of fused-ring (bicyclic) bond motifs is 1. The van der Waals surface area contributed by atoms with E-state index in [0.717, 1.165) is 27.6 Å². The molecule has 0 saturated carbocycles. The maximum absolute atomic E-state index is 11.4. The number of nitrogens with zero attached hydrogens (tertiary/aromatic N) is 1. The third-order valence-electron chi connectivity index (χ3n) is 3.30. The molecule has 2 aromatic heterocycles. The van der Waals surface area contributed by atoms with Crippen LogP contribution < -0.4 is 5.56 Å². The van der Waals surface area contributed by atoms with E-state index in [4.69, 9.17) is 0 Å². The van der Waals surface area contributed by atoms with E-state index in [1.54, 1.807) is 12.4 Å². The predicted octanol–water partition coefficient (Wildman–Crippen LogP) is 3.21.